The smallest absolute Gasteiger partial charge is 0.419 e. The molecular formula is C10H8F4O. The molecule has 2 rings (SSSR count). The second-order valence-electron chi connectivity index (χ2n) is 3.37. The van der Waals surface area contributed by atoms with Crippen LogP contribution in [0, 0.1) is 5.82 Å². The molecular weight excluding hydrogens is 212 g/mol. The topological polar surface area (TPSA) is 9.23 Å². The Labute approximate surface area is 83.7 Å². The van der Waals surface area contributed by atoms with Gasteiger partial charge in [0.1, 0.15) is 0 Å². The highest BCUT2D eigenvalue weighted by Gasteiger charge is 2.36. The quantitative estimate of drug-likeness (QED) is 0.610. The minimum atomic E-state index is -4.67. The Kier molecular flexibility index (Phi) is 2.32. The number of aryl methyl sites for hydroxylation is 1. The lowest BCUT2D eigenvalue weighted by Gasteiger charge is -2.19. The second kappa shape index (κ2) is 3.40. The van der Waals surface area contributed by atoms with Crippen molar-refractivity contribution in [2.75, 3.05) is 6.61 Å². The molecule has 0 saturated carbocycles. The monoisotopic (exact) mass is 220 g/mol. The normalized spacial score (nSPS) is 15.7. The van der Waals surface area contributed by atoms with E-state index >= 15 is 0 Å². The summed E-state index contributed by atoms with van der Waals surface area (Å²) in [5.74, 6) is -1.53. The molecule has 0 unspecified atom stereocenters. The van der Waals surface area contributed by atoms with Crippen LogP contribution in [0.1, 0.15) is 17.5 Å². The summed E-state index contributed by atoms with van der Waals surface area (Å²) >= 11 is 0. The van der Waals surface area contributed by atoms with Crippen LogP contribution >= 0.6 is 0 Å². The van der Waals surface area contributed by atoms with Crippen LogP contribution in [0.2, 0.25) is 0 Å². The first-order valence-corrected chi connectivity index (χ1v) is 4.51. The van der Waals surface area contributed by atoms with E-state index < -0.39 is 17.6 Å². The molecule has 0 saturated heterocycles. The molecule has 1 aromatic rings. The van der Waals surface area contributed by atoms with Crippen LogP contribution in [0.25, 0.3) is 0 Å². The third-order valence-electron chi connectivity index (χ3n) is 2.32. The largest absolute Gasteiger partial charge is 0.490 e. The van der Waals surface area contributed by atoms with Gasteiger partial charge in [0.15, 0.2) is 11.6 Å². The highest BCUT2D eigenvalue weighted by Crippen LogP contribution is 2.38. The highest BCUT2D eigenvalue weighted by molar-refractivity contribution is 5.41. The van der Waals surface area contributed by atoms with E-state index in [2.05, 4.69) is 0 Å². The third-order valence-corrected chi connectivity index (χ3v) is 2.32. The van der Waals surface area contributed by atoms with E-state index in [1.165, 1.54) is 6.07 Å². The van der Waals surface area contributed by atoms with Gasteiger partial charge < -0.3 is 4.74 Å². The summed E-state index contributed by atoms with van der Waals surface area (Å²) in [6.45, 7) is 0.269. The van der Waals surface area contributed by atoms with Gasteiger partial charge in [0, 0.05) is 0 Å². The molecule has 0 N–H and O–H groups in total. The van der Waals surface area contributed by atoms with Gasteiger partial charge in [0.05, 0.1) is 12.2 Å². The van der Waals surface area contributed by atoms with Gasteiger partial charge in [0.25, 0.3) is 0 Å². The van der Waals surface area contributed by atoms with Crippen LogP contribution < -0.4 is 4.74 Å². The fraction of sp³-hybridized carbons (Fsp3) is 0.400. The van der Waals surface area contributed by atoms with Crippen molar-refractivity contribution in [3.63, 3.8) is 0 Å². The molecule has 0 amide bonds. The Balaban J connectivity index is 2.53. The zero-order valence-corrected chi connectivity index (χ0v) is 7.70. The van der Waals surface area contributed by atoms with E-state index in [0.717, 1.165) is 6.07 Å². The van der Waals surface area contributed by atoms with Crippen molar-refractivity contribution in [2.45, 2.75) is 19.0 Å². The van der Waals surface area contributed by atoms with Crippen molar-refractivity contribution in [1.29, 1.82) is 0 Å². The third kappa shape index (κ3) is 1.78. The molecule has 0 bridgehead atoms. The van der Waals surface area contributed by atoms with Gasteiger partial charge in [-0.3, -0.25) is 0 Å². The summed E-state index contributed by atoms with van der Waals surface area (Å²) < 4.78 is 55.3. The van der Waals surface area contributed by atoms with Crippen molar-refractivity contribution >= 4 is 0 Å². The van der Waals surface area contributed by atoms with Crippen molar-refractivity contribution in [3.8, 4) is 5.75 Å². The molecule has 82 valence electrons. The molecule has 1 aliphatic heterocycles. The minimum absolute atomic E-state index is 0.240. The number of hydrogen-bond acceptors (Lipinski definition) is 1. The number of halogens is 4. The summed E-state index contributed by atoms with van der Waals surface area (Å²) in [5.41, 5.74) is -0.755. The number of hydrogen-bond donors (Lipinski definition) is 0. The number of fused-ring (bicyclic) bond motifs is 1. The maximum absolute atomic E-state index is 13.4. The van der Waals surface area contributed by atoms with Crippen LogP contribution in [0.3, 0.4) is 0 Å². The van der Waals surface area contributed by atoms with E-state index in [1.807, 2.05) is 0 Å². The van der Waals surface area contributed by atoms with Crippen molar-refractivity contribution in [1.82, 2.24) is 0 Å². The van der Waals surface area contributed by atoms with Gasteiger partial charge in [-0.2, -0.15) is 13.2 Å². The number of alkyl halides is 3. The summed E-state index contributed by atoms with van der Waals surface area (Å²) in [6, 6.07) is 2.04. The predicted octanol–water partition coefficient (Wildman–Crippen LogP) is 3.17. The Morgan fingerprint density at radius 3 is 2.60 bits per heavy atom. The van der Waals surface area contributed by atoms with Crippen LogP contribution in [-0.4, -0.2) is 6.61 Å². The Morgan fingerprint density at radius 2 is 1.93 bits per heavy atom. The van der Waals surface area contributed by atoms with Gasteiger partial charge in [-0.1, -0.05) is 6.07 Å². The van der Waals surface area contributed by atoms with E-state index in [-0.39, 0.29) is 12.4 Å². The van der Waals surface area contributed by atoms with E-state index in [9.17, 15) is 17.6 Å². The molecule has 0 aliphatic carbocycles. The molecule has 0 aromatic heterocycles. The second-order valence-corrected chi connectivity index (χ2v) is 3.37. The van der Waals surface area contributed by atoms with Crippen LogP contribution in [0.5, 0.6) is 5.75 Å². The van der Waals surface area contributed by atoms with Gasteiger partial charge in [-0.05, 0) is 24.5 Å². The first-order chi connectivity index (χ1) is 7.00. The summed E-state index contributed by atoms with van der Waals surface area (Å²) in [4.78, 5) is 0. The molecule has 0 radical (unpaired) electrons. The van der Waals surface area contributed by atoms with E-state index in [0.29, 0.717) is 18.4 Å². The predicted molar refractivity (Wildman–Crippen MR) is 45.2 cm³/mol. The van der Waals surface area contributed by atoms with Crippen molar-refractivity contribution < 1.29 is 22.3 Å². The molecule has 0 spiro atoms. The zero-order valence-electron chi connectivity index (χ0n) is 7.70. The fourth-order valence-electron chi connectivity index (χ4n) is 1.60. The lowest BCUT2D eigenvalue weighted by atomic mass is 10.0. The standard InChI is InChI=1S/C10H8F4O/c11-8-7(10(12,13)14)4-3-6-2-1-5-15-9(6)8/h3-4H,1-2,5H2. The van der Waals surface area contributed by atoms with Crippen LogP contribution in [0.4, 0.5) is 17.6 Å². The Morgan fingerprint density at radius 1 is 1.20 bits per heavy atom. The van der Waals surface area contributed by atoms with E-state index in [4.69, 9.17) is 4.74 Å². The summed E-state index contributed by atoms with van der Waals surface area (Å²) in [7, 11) is 0. The molecule has 1 aliphatic rings. The van der Waals surface area contributed by atoms with E-state index in [1.54, 1.807) is 0 Å². The van der Waals surface area contributed by atoms with Gasteiger partial charge >= 0.3 is 6.18 Å². The van der Waals surface area contributed by atoms with Crippen molar-refractivity contribution in [3.05, 3.63) is 29.1 Å². The van der Waals surface area contributed by atoms with Gasteiger partial charge in [-0.15, -0.1) is 0 Å². The zero-order chi connectivity index (χ0) is 11.1. The maximum Gasteiger partial charge on any atom is 0.419 e. The first kappa shape index (κ1) is 10.3. The van der Waals surface area contributed by atoms with Gasteiger partial charge in [-0.25, -0.2) is 4.39 Å². The molecule has 1 heterocycles. The van der Waals surface area contributed by atoms with Crippen molar-refractivity contribution in [2.24, 2.45) is 0 Å². The molecule has 0 fully saturated rings. The van der Waals surface area contributed by atoms with Crippen LogP contribution in [0.15, 0.2) is 12.1 Å². The average molecular weight is 220 g/mol. The molecule has 15 heavy (non-hydrogen) atoms. The molecule has 5 heteroatoms. The molecule has 1 aromatic carbocycles. The highest BCUT2D eigenvalue weighted by atomic mass is 19.4. The average Bonchev–Trinajstić information content (AvgIpc) is 2.16. The number of benzene rings is 1. The summed E-state index contributed by atoms with van der Waals surface area (Å²) in [5, 5.41) is 0. The first-order valence-electron chi connectivity index (χ1n) is 4.51. The molecule has 0 atom stereocenters. The molecule has 1 nitrogen and oxygen atoms in total. The summed E-state index contributed by atoms with van der Waals surface area (Å²) in [6.07, 6.45) is -3.40. The Hall–Kier alpha value is -1.26. The number of ether oxygens (including phenoxy) is 1. The number of rotatable bonds is 0. The lowest BCUT2D eigenvalue weighted by Crippen LogP contribution is -2.15. The SMILES string of the molecule is Fc1c(C(F)(F)F)ccc2c1OCCC2. The lowest BCUT2D eigenvalue weighted by molar-refractivity contribution is -0.140. The Bertz CT molecular complexity index is 384. The minimum Gasteiger partial charge on any atom is -0.490 e. The fourth-order valence-corrected chi connectivity index (χ4v) is 1.60. The van der Waals surface area contributed by atoms with Crippen LogP contribution in [-0.2, 0) is 12.6 Å². The van der Waals surface area contributed by atoms with Gasteiger partial charge in [0.2, 0.25) is 0 Å². The maximum atomic E-state index is 13.4.